The molecule has 3 rings (SSSR count). The van der Waals surface area contributed by atoms with Crippen LogP contribution in [0.25, 0.3) is 11.1 Å². The highest BCUT2D eigenvalue weighted by atomic mass is 19.4. The van der Waals surface area contributed by atoms with Crippen molar-refractivity contribution in [3.8, 4) is 17.2 Å². The van der Waals surface area contributed by atoms with Gasteiger partial charge in [-0.1, -0.05) is 24.3 Å². The number of benzene rings is 2. The molecule has 148 valence electrons. The molecule has 4 nitrogen and oxygen atoms in total. The van der Waals surface area contributed by atoms with Gasteiger partial charge in [-0.15, -0.1) is 0 Å². The molecule has 0 aliphatic rings. The Labute approximate surface area is 163 Å². The quantitative estimate of drug-likeness (QED) is 0.607. The number of carboxylic acids is 1. The van der Waals surface area contributed by atoms with Gasteiger partial charge < -0.3 is 9.67 Å². The number of aromatic carboxylic acids is 1. The van der Waals surface area contributed by atoms with Gasteiger partial charge >= 0.3 is 12.1 Å². The van der Waals surface area contributed by atoms with Crippen LogP contribution in [0.4, 0.5) is 17.6 Å². The van der Waals surface area contributed by atoms with Crippen molar-refractivity contribution in [1.82, 2.24) is 4.57 Å². The third-order valence-corrected chi connectivity index (χ3v) is 4.54. The predicted molar refractivity (Wildman–Crippen MR) is 96.8 cm³/mol. The molecule has 3 aromatic rings. The highest BCUT2D eigenvalue weighted by molar-refractivity contribution is 5.99. The molecule has 0 unspecified atom stereocenters. The lowest BCUT2D eigenvalue weighted by molar-refractivity contribution is -0.143. The Morgan fingerprint density at radius 2 is 1.83 bits per heavy atom. The Hall–Kier alpha value is -3.60. The number of aromatic nitrogens is 1. The maximum absolute atomic E-state index is 13.9. The molecule has 29 heavy (non-hydrogen) atoms. The molecule has 0 atom stereocenters. The van der Waals surface area contributed by atoms with Crippen molar-refractivity contribution in [2.24, 2.45) is 0 Å². The predicted octanol–water partition coefficient (Wildman–Crippen LogP) is 5.24. The number of hydrogen-bond donors (Lipinski definition) is 1. The molecule has 0 aliphatic carbocycles. The van der Waals surface area contributed by atoms with Crippen molar-refractivity contribution in [2.75, 3.05) is 0 Å². The van der Waals surface area contributed by atoms with Crippen molar-refractivity contribution >= 4 is 5.97 Å². The maximum Gasteiger partial charge on any atom is 0.432 e. The van der Waals surface area contributed by atoms with Crippen LogP contribution in [0.15, 0.2) is 48.5 Å². The molecular weight excluding hydrogens is 388 g/mol. The summed E-state index contributed by atoms with van der Waals surface area (Å²) in [7, 11) is 0. The van der Waals surface area contributed by atoms with Crippen LogP contribution in [-0.4, -0.2) is 15.6 Å². The first-order valence-electron chi connectivity index (χ1n) is 8.42. The first-order chi connectivity index (χ1) is 13.6. The van der Waals surface area contributed by atoms with Crippen LogP contribution in [0, 0.1) is 24.1 Å². The van der Waals surface area contributed by atoms with Crippen LogP contribution in [-0.2, 0) is 12.7 Å². The van der Waals surface area contributed by atoms with Gasteiger partial charge in [-0.3, -0.25) is 0 Å². The van der Waals surface area contributed by atoms with Crippen molar-refractivity contribution in [3.63, 3.8) is 0 Å². The van der Waals surface area contributed by atoms with Crippen LogP contribution < -0.4 is 0 Å². The lowest BCUT2D eigenvalue weighted by Crippen LogP contribution is -2.18. The number of carbonyl (C=O) groups is 1. The zero-order chi connectivity index (χ0) is 21.3. The number of hydrogen-bond acceptors (Lipinski definition) is 2. The number of halogens is 4. The summed E-state index contributed by atoms with van der Waals surface area (Å²) < 4.78 is 55.7. The second kappa shape index (κ2) is 7.43. The normalized spacial score (nSPS) is 11.3. The number of carboxylic acid groups (broad SMARTS) is 1. The third kappa shape index (κ3) is 3.85. The van der Waals surface area contributed by atoms with E-state index in [1.807, 2.05) is 6.07 Å². The van der Waals surface area contributed by atoms with E-state index < -0.39 is 29.2 Å². The number of alkyl halides is 3. The number of nitrogens with zero attached hydrogens (tertiary/aromatic N) is 2. The van der Waals surface area contributed by atoms with Crippen LogP contribution in [0.1, 0.15) is 32.9 Å². The van der Waals surface area contributed by atoms with E-state index in [0.29, 0.717) is 5.56 Å². The van der Waals surface area contributed by atoms with Gasteiger partial charge in [0.2, 0.25) is 0 Å². The molecule has 8 heteroatoms. The Balaban J connectivity index is 2.31. The molecule has 0 bridgehead atoms. The number of nitriles is 1. The van der Waals surface area contributed by atoms with Gasteiger partial charge in [0, 0.05) is 17.8 Å². The van der Waals surface area contributed by atoms with Gasteiger partial charge in [0.1, 0.15) is 11.5 Å². The molecule has 0 aliphatic heterocycles. The summed E-state index contributed by atoms with van der Waals surface area (Å²) in [5, 5.41) is 18.7. The van der Waals surface area contributed by atoms with E-state index in [-0.39, 0.29) is 28.9 Å². The topological polar surface area (TPSA) is 66.0 Å². The first-order valence-corrected chi connectivity index (χ1v) is 8.42. The summed E-state index contributed by atoms with van der Waals surface area (Å²) >= 11 is 0. The summed E-state index contributed by atoms with van der Waals surface area (Å²) in [5.74, 6) is -2.26. The highest BCUT2D eigenvalue weighted by Gasteiger charge is 2.42. The van der Waals surface area contributed by atoms with Crippen LogP contribution >= 0.6 is 0 Å². The Bertz CT molecular complexity index is 1120. The summed E-state index contributed by atoms with van der Waals surface area (Å²) in [6, 6.07) is 12.6. The highest BCUT2D eigenvalue weighted by Crippen LogP contribution is 2.41. The van der Waals surface area contributed by atoms with Crippen molar-refractivity contribution in [1.29, 1.82) is 5.26 Å². The van der Waals surface area contributed by atoms with Crippen molar-refractivity contribution < 1.29 is 27.5 Å². The minimum atomic E-state index is -4.94. The van der Waals surface area contributed by atoms with Gasteiger partial charge in [-0.25, -0.2) is 9.18 Å². The Morgan fingerprint density at radius 1 is 1.17 bits per heavy atom. The average molecular weight is 402 g/mol. The van der Waals surface area contributed by atoms with E-state index in [1.54, 1.807) is 0 Å². The number of rotatable bonds is 4. The maximum atomic E-state index is 13.9. The summed E-state index contributed by atoms with van der Waals surface area (Å²) in [6.07, 6.45) is -4.94. The molecule has 0 spiro atoms. The molecule has 1 aromatic heterocycles. The average Bonchev–Trinajstić information content (AvgIpc) is 2.96. The summed E-state index contributed by atoms with van der Waals surface area (Å²) in [4.78, 5) is 11.9. The smallest absolute Gasteiger partial charge is 0.432 e. The van der Waals surface area contributed by atoms with E-state index in [9.17, 15) is 27.5 Å². The van der Waals surface area contributed by atoms with E-state index in [0.717, 1.165) is 16.7 Å². The van der Waals surface area contributed by atoms with Gasteiger partial charge in [0.15, 0.2) is 0 Å². The minimum Gasteiger partial charge on any atom is -0.478 e. The Morgan fingerprint density at radius 3 is 2.38 bits per heavy atom. The van der Waals surface area contributed by atoms with Crippen molar-refractivity contribution in [3.05, 3.63) is 82.4 Å². The fourth-order valence-electron chi connectivity index (χ4n) is 3.31. The molecule has 0 amide bonds. The molecule has 1 N–H and O–H groups in total. The second-order valence-corrected chi connectivity index (χ2v) is 6.39. The van der Waals surface area contributed by atoms with Gasteiger partial charge in [-0.05, 0) is 42.3 Å². The SMILES string of the molecule is Cc1c(-c2cccc(C#N)c2)c(C(=O)O)c(C(F)(F)F)n1Cc1ccc(F)cc1. The van der Waals surface area contributed by atoms with Gasteiger partial charge in [0.05, 0.1) is 17.2 Å². The van der Waals surface area contributed by atoms with Crippen LogP contribution in [0.5, 0.6) is 0 Å². The second-order valence-electron chi connectivity index (χ2n) is 6.39. The lowest BCUT2D eigenvalue weighted by atomic mass is 9.98. The fraction of sp³-hybridized carbons (Fsp3) is 0.143. The fourth-order valence-corrected chi connectivity index (χ4v) is 3.31. The molecule has 0 saturated heterocycles. The molecule has 0 saturated carbocycles. The summed E-state index contributed by atoms with van der Waals surface area (Å²) in [5.41, 5.74) is -1.45. The minimum absolute atomic E-state index is 0.0779. The molecule has 1 heterocycles. The van der Waals surface area contributed by atoms with E-state index in [1.165, 1.54) is 43.3 Å². The monoisotopic (exact) mass is 402 g/mol. The third-order valence-electron chi connectivity index (χ3n) is 4.54. The Kier molecular flexibility index (Phi) is 5.16. The largest absolute Gasteiger partial charge is 0.478 e. The first kappa shape index (κ1) is 20.1. The molecule has 0 fully saturated rings. The summed E-state index contributed by atoms with van der Waals surface area (Å²) in [6.45, 7) is 1.10. The van der Waals surface area contributed by atoms with Crippen LogP contribution in [0.2, 0.25) is 0 Å². The van der Waals surface area contributed by atoms with Crippen LogP contribution in [0.3, 0.4) is 0 Å². The van der Waals surface area contributed by atoms with E-state index in [4.69, 9.17) is 5.26 Å². The molecule has 2 aromatic carbocycles. The zero-order valence-electron chi connectivity index (χ0n) is 15.1. The van der Waals surface area contributed by atoms with Gasteiger partial charge in [-0.2, -0.15) is 18.4 Å². The molecule has 0 radical (unpaired) electrons. The lowest BCUT2D eigenvalue weighted by Gasteiger charge is -2.15. The standard InChI is InChI=1S/C21H14F4N2O2/c1-12-17(15-4-2-3-14(9-15)10-26)18(20(28)29)19(21(23,24)25)27(12)11-13-5-7-16(22)8-6-13/h2-9H,11H2,1H3,(H,28,29). The van der Waals surface area contributed by atoms with E-state index >= 15 is 0 Å². The van der Waals surface area contributed by atoms with Crippen molar-refractivity contribution in [2.45, 2.75) is 19.6 Å². The zero-order valence-corrected chi connectivity index (χ0v) is 15.1. The van der Waals surface area contributed by atoms with Gasteiger partial charge in [0.25, 0.3) is 0 Å². The van der Waals surface area contributed by atoms with E-state index in [2.05, 4.69) is 0 Å². The molecular formula is C21H14F4N2O2.